The Morgan fingerprint density at radius 2 is 1.60 bits per heavy atom. The number of hydrogen-bond donors (Lipinski definition) is 3. The molecule has 0 bridgehead atoms. The van der Waals surface area contributed by atoms with Gasteiger partial charge in [-0.25, -0.2) is 4.79 Å². The fourth-order valence-electron chi connectivity index (χ4n) is 4.71. The summed E-state index contributed by atoms with van der Waals surface area (Å²) in [5.74, 6) is -0.421. The first kappa shape index (κ1) is 20.5. The van der Waals surface area contributed by atoms with Crippen molar-refractivity contribution in [1.29, 1.82) is 0 Å². The van der Waals surface area contributed by atoms with Crippen LogP contribution in [0.2, 0.25) is 0 Å². The van der Waals surface area contributed by atoms with E-state index in [1.54, 1.807) is 0 Å². The van der Waals surface area contributed by atoms with Gasteiger partial charge in [0.05, 0.1) is 11.6 Å². The van der Waals surface area contributed by atoms with Gasteiger partial charge in [-0.1, -0.05) is 56.9 Å². The predicted octanol–water partition coefficient (Wildman–Crippen LogP) is 4.37. The zero-order chi connectivity index (χ0) is 18.4. The quantitative estimate of drug-likeness (QED) is 0.456. The maximum atomic E-state index is 12.1. The number of aliphatic carboxylic acids is 1. The van der Waals surface area contributed by atoms with Crippen LogP contribution in [0, 0.1) is 11.8 Å². The third kappa shape index (κ3) is 5.60. The third-order valence-electron chi connectivity index (χ3n) is 6.14. The van der Waals surface area contributed by atoms with Crippen LogP contribution in [0.5, 0.6) is 0 Å². The van der Waals surface area contributed by atoms with Crippen molar-refractivity contribution in [2.24, 2.45) is 17.6 Å². The lowest BCUT2D eigenvalue weighted by atomic mass is 9.80. The van der Waals surface area contributed by atoms with E-state index in [0.29, 0.717) is 12.3 Å². The maximum absolute atomic E-state index is 12.1. The molecule has 25 heavy (non-hydrogen) atoms. The van der Waals surface area contributed by atoms with E-state index in [1.807, 2.05) is 6.92 Å². The van der Waals surface area contributed by atoms with E-state index in [-0.39, 0.29) is 11.5 Å². The molecule has 0 aromatic carbocycles. The molecule has 0 aliphatic heterocycles. The highest BCUT2D eigenvalue weighted by atomic mass is 31.1. The Hall–Kier alpha value is -0.770. The summed E-state index contributed by atoms with van der Waals surface area (Å²) in [6, 6.07) is -0.568. The molecule has 2 aliphatic rings. The molecule has 142 valence electrons. The minimum absolute atomic E-state index is 0.110. The van der Waals surface area contributed by atoms with Gasteiger partial charge in [0.15, 0.2) is 0 Å². The van der Waals surface area contributed by atoms with E-state index in [2.05, 4.69) is 0 Å². The van der Waals surface area contributed by atoms with Crippen LogP contribution < -0.4 is 5.73 Å². The molecule has 3 unspecified atom stereocenters. The van der Waals surface area contributed by atoms with Crippen LogP contribution in [-0.2, 0) is 9.36 Å². The van der Waals surface area contributed by atoms with Crippen LogP contribution >= 0.6 is 8.03 Å². The zero-order valence-electron chi connectivity index (χ0n) is 15.3. The average molecular weight is 370 g/mol. The van der Waals surface area contributed by atoms with Gasteiger partial charge in [-0.2, -0.15) is 4.89 Å². The van der Waals surface area contributed by atoms with Gasteiger partial charge in [-0.3, -0.25) is 0 Å². The number of carbonyl (C=O) groups is 1. The normalized spacial score (nSPS) is 24.4. The summed E-state index contributed by atoms with van der Waals surface area (Å²) in [7, 11) is -2.67. The Morgan fingerprint density at radius 1 is 1.08 bits per heavy atom. The molecule has 0 spiro atoms. The van der Waals surface area contributed by atoms with E-state index in [1.165, 1.54) is 25.7 Å². The molecule has 0 amide bonds. The van der Waals surface area contributed by atoms with E-state index < -0.39 is 25.7 Å². The van der Waals surface area contributed by atoms with Crippen LogP contribution in [0.4, 0.5) is 0 Å². The molecule has 4 N–H and O–H groups in total. The highest BCUT2D eigenvalue weighted by Crippen LogP contribution is 2.40. The standard InChI is InChI=1S/C19H32NO4P/c1-13(15-10-6-3-7-11-15)17(19(21)22)18(25(23)24)16(20)12-14-8-4-2-5-9-14/h14-16,18H,2-12,20H2,1H3,(H-,21,22,23,24)/p+1/b17-13+. The Labute approximate surface area is 151 Å². The van der Waals surface area contributed by atoms with Gasteiger partial charge in [0.25, 0.3) is 0 Å². The van der Waals surface area contributed by atoms with Gasteiger partial charge in [-0.05, 0) is 42.6 Å². The fourth-order valence-corrected chi connectivity index (χ4v) is 5.69. The molecule has 0 radical (unpaired) electrons. The summed E-state index contributed by atoms with van der Waals surface area (Å²) in [6.45, 7) is 1.83. The van der Waals surface area contributed by atoms with Crippen molar-refractivity contribution >= 4 is 14.0 Å². The lowest BCUT2D eigenvalue weighted by Gasteiger charge is -2.27. The van der Waals surface area contributed by atoms with Crippen LogP contribution in [0.15, 0.2) is 11.1 Å². The smallest absolute Gasteiger partial charge is 0.478 e. The van der Waals surface area contributed by atoms with Gasteiger partial charge >= 0.3 is 14.0 Å². The van der Waals surface area contributed by atoms with Gasteiger partial charge in [0, 0.05) is 0 Å². The van der Waals surface area contributed by atoms with Crippen molar-refractivity contribution in [3.8, 4) is 0 Å². The Kier molecular flexibility index (Phi) is 8.05. The van der Waals surface area contributed by atoms with E-state index >= 15 is 0 Å². The molecule has 0 heterocycles. The molecule has 6 heteroatoms. The number of allylic oxidation sites excluding steroid dienone is 1. The van der Waals surface area contributed by atoms with Gasteiger partial charge in [0.2, 0.25) is 5.66 Å². The first-order valence-electron chi connectivity index (χ1n) is 9.76. The van der Waals surface area contributed by atoms with E-state index in [4.69, 9.17) is 5.73 Å². The first-order valence-corrected chi connectivity index (χ1v) is 11.0. The molecule has 0 aromatic rings. The molecular formula is C19H33NO4P+. The molecule has 0 saturated heterocycles. The molecule has 0 aromatic heterocycles. The zero-order valence-corrected chi connectivity index (χ0v) is 16.2. The molecule has 2 fully saturated rings. The molecule has 2 aliphatic carbocycles. The fraction of sp³-hybridized carbons (Fsp3) is 0.842. The van der Waals surface area contributed by atoms with Crippen molar-refractivity contribution in [1.82, 2.24) is 0 Å². The number of carboxylic acids is 1. The third-order valence-corrected chi connectivity index (χ3v) is 7.26. The van der Waals surface area contributed by atoms with E-state index in [9.17, 15) is 19.4 Å². The number of nitrogens with two attached hydrogens (primary N) is 1. The van der Waals surface area contributed by atoms with Gasteiger partial charge in [-0.15, -0.1) is 0 Å². The van der Waals surface area contributed by atoms with Crippen LogP contribution in [-0.4, -0.2) is 27.7 Å². The van der Waals surface area contributed by atoms with Crippen molar-refractivity contribution in [3.05, 3.63) is 11.1 Å². The number of hydrogen-bond acceptors (Lipinski definition) is 3. The Morgan fingerprint density at radius 3 is 2.08 bits per heavy atom. The molecule has 2 saturated carbocycles. The van der Waals surface area contributed by atoms with Crippen molar-refractivity contribution in [2.45, 2.75) is 89.3 Å². The summed E-state index contributed by atoms with van der Waals surface area (Å²) in [4.78, 5) is 21.9. The lowest BCUT2D eigenvalue weighted by Crippen LogP contribution is -2.39. The minimum atomic E-state index is -2.67. The maximum Gasteiger partial charge on any atom is 0.515 e. The van der Waals surface area contributed by atoms with E-state index in [0.717, 1.165) is 44.1 Å². The minimum Gasteiger partial charge on any atom is -0.478 e. The first-order chi connectivity index (χ1) is 11.9. The SMILES string of the molecule is C/C(=C(\C(=O)O)C(C(N)CC1CCCCC1)[P+](=O)O)C1CCCCC1. The van der Waals surface area contributed by atoms with Crippen LogP contribution in [0.1, 0.15) is 77.6 Å². The second kappa shape index (κ2) is 9.80. The summed E-state index contributed by atoms with van der Waals surface area (Å²) in [6.07, 6.45) is 11.7. The van der Waals surface area contributed by atoms with Crippen molar-refractivity contribution < 1.29 is 19.4 Å². The number of rotatable bonds is 7. The lowest BCUT2D eigenvalue weighted by molar-refractivity contribution is -0.133. The van der Waals surface area contributed by atoms with Gasteiger partial charge in [0.1, 0.15) is 0 Å². The highest BCUT2D eigenvalue weighted by Gasteiger charge is 2.44. The molecule has 2 rings (SSSR count). The monoisotopic (exact) mass is 370 g/mol. The molecule has 3 atom stereocenters. The largest absolute Gasteiger partial charge is 0.515 e. The second-order valence-electron chi connectivity index (χ2n) is 7.89. The summed E-state index contributed by atoms with van der Waals surface area (Å²) in [5.41, 5.74) is 6.23. The second-order valence-corrected chi connectivity index (χ2v) is 9.05. The molecule has 5 nitrogen and oxygen atoms in total. The Balaban J connectivity index is 2.23. The van der Waals surface area contributed by atoms with Gasteiger partial charge < -0.3 is 10.8 Å². The molecular weight excluding hydrogens is 337 g/mol. The summed E-state index contributed by atoms with van der Waals surface area (Å²) in [5, 5.41) is 9.80. The Bertz CT molecular complexity index is 508. The predicted molar refractivity (Wildman–Crippen MR) is 99.7 cm³/mol. The topological polar surface area (TPSA) is 101 Å². The number of carboxylic acid groups (broad SMARTS) is 1. The van der Waals surface area contributed by atoms with Crippen molar-refractivity contribution in [2.75, 3.05) is 0 Å². The summed E-state index contributed by atoms with van der Waals surface area (Å²) < 4.78 is 12.1. The average Bonchev–Trinajstić information content (AvgIpc) is 2.59. The highest BCUT2D eigenvalue weighted by molar-refractivity contribution is 7.39. The van der Waals surface area contributed by atoms with Crippen molar-refractivity contribution in [3.63, 3.8) is 0 Å². The van der Waals surface area contributed by atoms with Crippen LogP contribution in [0.25, 0.3) is 0 Å². The summed E-state index contributed by atoms with van der Waals surface area (Å²) >= 11 is 0. The van der Waals surface area contributed by atoms with Crippen LogP contribution in [0.3, 0.4) is 0 Å².